The molecule has 0 spiro atoms. The quantitative estimate of drug-likeness (QED) is 0.770. The molecule has 0 saturated carbocycles. The lowest BCUT2D eigenvalue weighted by Gasteiger charge is -2.06. The summed E-state index contributed by atoms with van der Waals surface area (Å²) in [4.78, 5) is 18.7. The predicted molar refractivity (Wildman–Crippen MR) is 76.9 cm³/mol. The molecule has 0 aliphatic rings. The Balaban J connectivity index is 2.29. The van der Waals surface area contributed by atoms with Crippen molar-refractivity contribution in [3.63, 3.8) is 0 Å². The monoisotopic (exact) mass is 306 g/mol. The third-order valence-corrected chi connectivity index (χ3v) is 3.21. The summed E-state index contributed by atoms with van der Waals surface area (Å²) in [5.74, 6) is -0.253. The summed E-state index contributed by atoms with van der Waals surface area (Å²) >= 11 is 6.07. The maximum atomic E-state index is 12.2. The first kappa shape index (κ1) is 13.4. The van der Waals surface area contributed by atoms with Gasteiger partial charge < -0.3 is 9.84 Å². The fourth-order valence-corrected chi connectivity index (χ4v) is 2.22. The van der Waals surface area contributed by atoms with Gasteiger partial charge in [0.1, 0.15) is 5.56 Å². The molecule has 0 aliphatic carbocycles. The Morgan fingerprint density at radius 2 is 2.19 bits per heavy atom. The number of aromatic nitrogens is 4. The van der Waals surface area contributed by atoms with Gasteiger partial charge in [-0.05, 0) is 13.0 Å². The van der Waals surface area contributed by atoms with Crippen LogP contribution in [0.3, 0.4) is 0 Å². The van der Waals surface area contributed by atoms with Crippen molar-refractivity contribution in [2.45, 2.75) is 6.92 Å². The number of hydrogen-bond acceptors (Lipinski definition) is 5. The van der Waals surface area contributed by atoms with Gasteiger partial charge in [-0.2, -0.15) is 9.50 Å². The van der Waals surface area contributed by atoms with Gasteiger partial charge in [0.15, 0.2) is 0 Å². The Morgan fingerprint density at radius 1 is 1.43 bits per heavy atom. The second-order valence-electron chi connectivity index (χ2n) is 4.20. The van der Waals surface area contributed by atoms with E-state index in [1.54, 1.807) is 31.2 Å². The van der Waals surface area contributed by atoms with Gasteiger partial charge in [0, 0.05) is 10.6 Å². The summed E-state index contributed by atoms with van der Waals surface area (Å²) in [5, 5.41) is 14.6. The van der Waals surface area contributed by atoms with E-state index in [2.05, 4.69) is 15.1 Å². The van der Waals surface area contributed by atoms with Gasteiger partial charge in [0.05, 0.1) is 6.61 Å². The van der Waals surface area contributed by atoms with Gasteiger partial charge in [-0.3, -0.25) is 9.78 Å². The highest BCUT2D eigenvalue weighted by Gasteiger charge is 2.19. The average Bonchev–Trinajstić information content (AvgIpc) is 2.84. The molecule has 0 fully saturated rings. The van der Waals surface area contributed by atoms with Gasteiger partial charge in [-0.25, -0.2) is 0 Å². The summed E-state index contributed by atoms with van der Waals surface area (Å²) in [7, 11) is 0. The van der Waals surface area contributed by atoms with Crippen LogP contribution in [-0.2, 0) is 0 Å². The Kier molecular flexibility index (Phi) is 3.26. The van der Waals surface area contributed by atoms with Crippen molar-refractivity contribution in [2.75, 3.05) is 6.61 Å². The molecular weight excluding hydrogens is 296 g/mol. The molecule has 0 unspecified atom stereocenters. The van der Waals surface area contributed by atoms with Crippen molar-refractivity contribution in [2.24, 2.45) is 0 Å². The minimum Gasteiger partial charge on any atom is -0.493 e. The van der Waals surface area contributed by atoms with Crippen LogP contribution in [0.15, 0.2) is 29.1 Å². The molecule has 0 saturated heterocycles. The van der Waals surface area contributed by atoms with Crippen molar-refractivity contribution >= 4 is 17.4 Å². The van der Waals surface area contributed by atoms with E-state index in [0.717, 1.165) is 4.52 Å². The molecule has 21 heavy (non-hydrogen) atoms. The minimum atomic E-state index is -0.511. The SMILES string of the molecule is CCOc1nc2[nH]c(=O)c(-c3ccccc3Cl)c(O)n2n1. The van der Waals surface area contributed by atoms with Crippen molar-refractivity contribution in [1.29, 1.82) is 0 Å². The maximum absolute atomic E-state index is 12.2. The van der Waals surface area contributed by atoms with Crippen LogP contribution in [0.2, 0.25) is 5.02 Å². The van der Waals surface area contributed by atoms with E-state index in [1.165, 1.54) is 0 Å². The van der Waals surface area contributed by atoms with Crippen LogP contribution in [0.25, 0.3) is 16.9 Å². The zero-order valence-corrected chi connectivity index (χ0v) is 11.8. The normalized spacial score (nSPS) is 11.0. The number of hydrogen-bond donors (Lipinski definition) is 2. The molecule has 3 rings (SSSR count). The molecule has 0 atom stereocenters. The van der Waals surface area contributed by atoms with Crippen LogP contribution in [0.4, 0.5) is 0 Å². The number of fused-ring (bicyclic) bond motifs is 1. The average molecular weight is 307 g/mol. The summed E-state index contributed by atoms with van der Waals surface area (Å²) in [6, 6.07) is 6.79. The zero-order chi connectivity index (χ0) is 15.0. The summed E-state index contributed by atoms with van der Waals surface area (Å²) in [6.07, 6.45) is 0. The molecule has 0 radical (unpaired) electrons. The third kappa shape index (κ3) is 2.21. The number of benzene rings is 1. The molecule has 0 bridgehead atoms. The van der Waals surface area contributed by atoms with Gasteiger partial charge in [-0.1, -0.05) is 29.8 Å². The second-order valence-corrected chi connectivity index (χ2v) is 4.60. The molecule has 108 valence electrons. The number of aromatic amines is 1. The van der Waals surface area contributed by atoms with Gasteiger partial charge in [0.25, 0.3) is 5.56 Å². The van der Waals surface area contributed by atoms with E-state index in [-0.39, 0.29) is 23.2 Å². The van der Waals surface area contributed by atoms with Gasteiger partial charge >= 0.3 is 6.01 Å². The van der Waals surface area contributed by atoms with Crippen LogP contribution in [0.5, 0.6) is 11.9 Å². The number of aromatic hydroxyl groups is 1. The highest BCUT2D eigenvalue weighted by molar-refractivity contribution is 6.33. The van der Waals surface area contributed by atoms with Crippen molar-refractivity contribution in [1.82, 2.24) is 19.6 Å². The van der Waals surface area contributed by atoms with Crippen LogP contribution in [-0.4, -0.2) is 31.3 Å². The predicted octanol–water partition coefficient (Wildman–Crippen LogP) is 1.84. The fourth-order valence-electron chi connectivity index (χ4n) is 1.99. The molecule has 0 amide bonds. The van der Waals surface area contributed by atoms with Gasteiger partial charge in [-0.15, -0.1) is 5.10 Å². The van der Waals surface area contributed by atoms with E-state index in [1.807, 2.05) is 0 Å². The zero-order valence-electron chi connectivity index (χ0n) is 11.0. The van der Waals surface area contributed by atoms with Crippen LogP contribution in [0.1, 0.15) is 6.92 Å². The van der Waals surface area contributed by atoms with E-state index in [4.69, 9.17) is 16.3 Å². The number of H-pyrrole nitrogens is 1. The lowest BCUT2D eigenvalue weighted by molar-refractivity contribution is 0.311. The van der Waals surface area contributed by atoms with E-state index < -0.39 is 5.56 Å². The van der Waals surface area contributed by atoms with Gasteiger partial charge in [0.2, 0.25) is 11.7 Å². The summed E-state index contributed by atoms with van der Waals surface area (Å²) in [6.45, 7) is 2.16. The van der Waals surface area contributed by atoms with E-state index in [0.29, 0.717) is 17.2 Å². The van der Waals surface area contributed by atoms with Crippen LogP contribution in [0, 0.1) is 0 Å². The maximum Gasteiger partial charge on any atom is 0.337 e. The molecule has 8 heteroatoms. The Labute approximate surface area is 123 Å². The molecule has 2 heterocycles. The molecule has 2 aromatic heterocycles. The Bertz CT molecular complexity index is 871. The highest BCUT2D eigenvalue weighted by atomic mass is 35.5. The molecular formula is C13H11ClN4O3. The first-order chi connectivity index (χ1) is 10.1. The number of ether oxygens (including phenoxy) is 1. The summed E-state index contributed by atoms with van der Waals surface area (Å²) in [5.41, 5.74) is -0.0714. The molecule has 1 aromatic carbocycles. The first-order valence-electron chi connectivity index (χ1n) is 6.21. The minimum absolute atomic E-state index is 0.0287. The number of halogens is 1. The summed E-state index contributed by atoms with van der Waals surface area (Å²) < 4.78 is 6.25. The van der Waals surface area contributed by atoms with E-state index >= 15 is 0 Å². The lowest BCUT2D eigenvalue weighted by atomic mass is 10.1. The third-order valence-electron chi connectivity index (χ3n) is 2.88. The smallest absolute Gasteiger partial charge is 0.337 e. The topological polar surface area (TPSA) is 92.5 Å². The highest BCUT2D eigenvalue weighted by Crippen LogP contribution is 2.31. The standard InChI is InChI=1S/C13H11ClN4O3/c1-2-21-13-16-12-15-10(19)9(11(20)18(12)17-13)7-5-3-4-6-8(7)14/h3-6,20H,2H2,1H3,(H,15,16,17,19). The molecule has 2 N–H and O–H groups in total. The molecule has 3 aromatic rings. The van der Waals surface area contributed by atoms with Crippen LogP contribution >= 0.6 is 11.6 Å². The van der Waals surface area contributed by atoms with Crippen molar-refractivity contribution < 1.29 is 9.84 Å². The van der Waals surface area contributed by atoms with Crippen molar-refractivity contribution in [3.05, 3.63) is 39.6 Å². The number of nitrogens with one attached hydrogen (secondary N) is 1. The van der Waals surface area contributed by atoms with Crippen molar-refractivity contribution in [3.8, 4) is 23.0 Å². The second kappa shape index (κ2) is 5.10. The van der Waals surface area contributed by atoms with Crippen LogP contribution < -0.4 is 10.3 Å². The lowest BCUT2D eigenvalue weighted by Crippen LogP contribution is -2.13. The molecule has 0 aliphatic heterocycles. The number of rotatable bonds is 3. The molecule has 7 nitrogen and oxygen atoms in total. The Morgan fingerprint density at radius 3 is 2.90 bits per heavy atom. The first-order valence-corrected chi connectivity index (χ1v) is 6.59. The largest absolute Gasteiger partial charge is 0.493 e. The Hall–Kier alpha value is -2.54. The number of nitrogens with zero attached hydrogens (tertiary/aromatic N) is 3. The fraction of sp³-hybridized carbons (Fsp3) is 0.154. The van der Waals surface area contributed by atoms with E-state index in [9.17, 15) is 9.90 Å².